The van der Waals surface area contributed by atoms with E-state index in [2.05, 4.69) is 25.9 Å². The predicted molar refractivity (Wildman–Crippen MR) is 63.3 cm³/mol. The van der Waals surface area contributed by atoms with Crippen LogP contribution in [0.25, 0.3) is 0 Å². The summed E-state index contributed by atoms with van der Waals surface area (Å²) in [5.74, 6) is 0.507. The third-order valence-corrected chi connectivity index (χ3v) is 2.74. The lowest BCUT2D eigenvalue weighted by molar-refractivity contribution is 0.615. The maximum Gasteiger partial charge on any atom is 0.124 e. The van der Waals surface area contributed by atoms with Gasteiger partial charge in [-0.05, 0) is 23.8 Å². The Morgan fingerprint density at radius 3 is 2.88 bits per heavy atom. The highest BCUT2D eigenvalue weighted by Crippen LogP contribution is 2.20. The van der Waals surface area contributed by atoms with Crippen LogP contribution < -0.4 is 5.73 Å². The molecule has 0 radical (unpaired) electrons. The van der Waals surface area contributed by atoms with Crippen LogP contribution in [0.5, 0.6) is 0 Å². The summed E-state index contributed by atoms with van der Waals surface area (Å²) in [6.07, 6.45) is 3.97. The van der Waals surface area contributed by atoms with Crippen molar-refractivity contribution in [1.82, 2.24) is 9.97 Å². The SMILES string of the molecule is NC(Cc1ncc[nH]1)c1cc(F)cc(Br)c1. The average molecular weight is 284 g/mol. The van der Waals surface area contributed by atoms with E-state index in [0.29, 0.717) is 10.9 Å². The molecule has 3 N–H and O–H groups in total. The predicted octanol–water partition coefficient (Wildman–Crippen LogP) is 2.55. The average Bonchev–Trinajstić information content (AvgIpc) is 2.68. The molecule has 5 heteroatoms. The van der Waals surface area contributed by atoms with Gasteiger partial charge in [-0.25, -0.2) is 9.37 Å². The van der Waals surface area contributed by atoms with Crippen LogP contribution in [0, 0.1) is 5.82 Å². The van der Waals surface area contributed by atoms with Gasteiger partial charge < -0.3 is 10.7 Å². The summed E-state index contributed by atoms with van der Waals surface area (Å²) >= 11 is 3.24. The fourth-order valence-corrected chi connectivity index (χ4v) is 2.01. The third-order valence-electron chi connectivity index (χ3n) is 2.28. The first-order valence-electron chi connectivity index (χ1n) is 4.85. The molecule has 0 saturated heterocycles. The lowest BCUT2D eigenvalue weighted by Gasteiger charge is -2.11. The lowest BCUT2D eigenvalue weighted by Crippen LogP contribution is -2.14. The van der Waals surface area contributed by atoms with Crippen molar-refractivity contribution in [2.75, 3.05) is 0 Å². The third kappa shape index (κ3) is 2.68. The molecule has 1 atom stereocenters. The number of halogens is 2. The second-order valence-corrected chi connectivity index (χ2v) is 4.46. The Bertz CT molecular complexity index is 450. The van der Waals surface area contributed by atoms with Crippen LogP contribution in [-0.2, 0) is 6.42 Å². The zero-order valence-electron chi connectivity index (χ0n) is 8.45. The molecule has 0 saturated carbocycles. The molecule has 0 spiro atoms. The van der Waals surface area contributed by atoms with Crippen LogP contribution in [0.15, 0.2) is 35.1 Å². The number of nitrogens with two attached hydrogens (primary N) is 1. The minimum Gasteiger partial charge on any atom is -0.349 e. The van der Waals surface area contributed by atoms with E-state index < -0.39 is 0 Å². The number of benzene rings is 1. The summed E-state index contributed by atoms with van der Waals surface area (Å²) in [7, 11) is 0. The van der Waals surface area contributed by atoms with E-state index in [-0.39, 0.29) is 11.9 Å². The lowest BCUT2D eigenvalue weighted by atomic mass is 10.0. The number of aromatic nitrogens is 2. The minimum atomic E-state index is -0.292. The molecule has 1 unspecified atom stereocenters. The molecule has 0 aliphatic carbocycles. The zero-order valence-corrected chi connectivity index (χ0v) is 10.0. The maximum absolute atomic E-state index is 13.2. The van der Waals surface area contributed by atoms with Crippen LogP contribution >= 0.6 is 15.9 Å². The first kappa shape index (κ1) is 11.3. The first-order chi connectivity index (χ1) is 7.65. The van der Waals surface area contributed by atoms with Crippen molar-refractivity contribution in [2.45, 2.75) is 12.5 Å². The molecule has 0 fully saturated rings. The fourth-order valence-electron chi connectivity index (χ4n) is 1.52. The number of hydrogen-bond acceptors (Lipinski definition) is 2. The van der Waals surface area contributed by atoms with Gasteiger partial charge in [-0.1, -0.05) is 15.9 Å². The van der Waals surface area contributed by atoms with E-state index in [1.54, 1.807) is 12.4 Å². The second kappa shape index (κ2) is 4.76. The van der Waals surface area contributed by atoms with Gasteiger partial charge in [-0.2, -0.15) is 0 Å². The number of hydrogen-bond donors (Lipinski definition) is 2. The summed E-state index contributed by atoms with van der Waals surface area (Å²) in [6, 6.07) is 4.40. The Hall–Kier alpha value is -1.20. The monoisotopic (exact) mass is 283 g/mol. The summed E-state index contributed by atoms with van der Waals surface area (Å²) in [6.45, 7) is 0. The van der Waals surface area contributed by atoms with Gasteiger partial charge in [-0.15, -0.1) is 0 Å². The normalized spacial score (nSPS) is 12.7. The van der Waals surface area contributed by atoms with Crippen molar-refractivity contribution in [3.63, 3.8) is 0 Å². The molecular formula is C11H11BrFN3. The Kier molecular flexibility index (Phi) is 3.36. The summed E-state index contributed by atoms with van der Waals surface area (Å²) in [4.78, 5) is 7.06. The van der Waals surface area contributed by atoms with Crippen LogP contribution in [0.2, 0.25) is 0 Å². The van der Waals surface area contributed by atoms with Crippen molar-refractivity contribution in [3.8, 4) is 0 Å². The Balaban J connectivity index is 2.17. The fraction of sp³-hybridized carbons (Fsp3) is 0.182. The molecule has 2 aromatic rings. The molecule has 1 heterocycles. The Labute approximate surface area is 101 Å². The van der Waals surface area contributed by atoms with Crippen molar-refractivity contribution in [1.29, 1.82) is 0 Å². The van der Waals surface area contributed by atoms with Gasteiger partial charge in [0.15, 0.2) is 0 Å². The summed E-state index contributed by atoms with van der Waals surface area (Å²) in [5, 5.41) is 0. The zero-order chi connectivity index (χ0) is 11.5. The molecule has 0 aliphatic heterocycles. The maximum atomic E-state index is 13.2. The van der Waals surface area contributed by atoms with E-state index >= 15 is 0 Å². The molecule has 16 heavy (non-hydrogen) atoms. The highest BCUT2D eigenvalue weighted by atomic mass is 79.9. The number of nitrogens with zero attached hydrogens (tertiary/aromatic N) is 1. The van der Waals surface area contributed by atoms with Gasteiger partial charge >= 0.3 is 0 Å². The molecule has 1 aromatic carbocycles. The van der Waals surface area contributed by atoms with E-state index in [4.69, 9.17) is 5.73 Å². The van der Waals surface area contributed by atoms with Crippen molar-refractivity contribution < 1.29 is 4.39 Å². The number of rotatable bonds is 3. The van der Waals surface area contributed by atoms with Gasteiger partial charge in [0.2, 0.25) is 0 Å². The minimum absolute atomic E-state index is 0.266. The Morgan fingerprint density at radius 2 is 2.25 bits per heavy atom. The van der Waals surface area contributed by atoms with Gasteiger partial charge in [0.1, 0.15) is 11.6 Å². The summed E-state index contributed by atoms with van der Waals surface area (Å²) < 4.78 is 13.9. The smallest absolute Gasteiger partial charge is 0.124 e. The second-order valence-electron chi connectivity index (χ2n) is 3.55. The van der Waals surface area contributed by atoms with E-state index in [1.807, 2.05) is 6.07 Å². The van der Waals surface area contributed by atoms with Crippen LogP contribution in [0.3, 0.4) is 0 Å². The molecule has 0 amide bonds. The van der Waals surface area contributed by atoms with Crippen molar-refractivity contribution >= 4 is 15.9 Å². The molecule has 0 aliphatic rings. The van der Waals surface area contributed by atoms with E-state index in [9.17, 15) is 4.39 Å². The highest BCUT2D eigenvalue weighted by molar-refractivity contribution is 9.10. The Morgan fingerprint density at radius 1 is 1.44 bits per heavy atom. The largest absolute Gasteiger partial charge is 0.349 e. The number of nitrogens with one attached hydrogen (secondary N) is 1. The van der Waals surface area contributed by atoms with Crippen LogP contribution in [0.4, 0.5) is 4.39 Å². The van der Waals surface area contributed by atoms with E-state index in [1.165, 1.54) is 12.1 Å². The van der Waals surface area contributed by atoms with Crippen LogP contribution in [0.1, 0.15) is 17.4 Å². The quantitative estimate of drug-likeness (QED) is 0.910. The van der Waals surface area contributed by atoms with E-state index in [0.717, 1.165) is 11.4 Å². The number of imidazole rings is 1. The van der Waals surface area contributed by atoms with Crippen molar-refractivity contribution in [2.24, 2.45) is 5.73 Å². The van der Waals surface area contributed by atoms with Gasteiger partial charge in [-0.3, -0.25) is 0 Å². The molecule has 84 valence electrons. The molecule has 3 nitrogen and oxygen atoms in total. The number of aromatic amines is 1. The standard InChI is InChI=1S/C11H11BrFN3/c12-8-3-7(4-9(13)5-8)10(14)6-11-15-1-2-16-11/h1-5,10H,6,14H2,(H,15,16). The van der Waals surface area contributed by atoms with Crippen LogP contribution in [-0.4, -0.2) is 9.97 Å². The topological polar surface area (TPSA) is 54.7 Å². The van der Waals surface area contributed by atoms with Crippen molar-refractivity contribution in [3.05, 3.63) is 52.3 Å². The van der Waals surface area contributed by atoms with Gasteiger partial charge in [0.25, 0.3) is 0 Å². The molecule has 1 aromatic heterocycles. The van der Waals surface area contributed by atoms with Gasteiger partial charge in [0, 0.05) is 29.3 Å². The molecule has 2 rings (SSSR count). The highest BCUT2D eigenvalue weighted by Gasteiger charge is 2.10. The number of H-pyrrole nitrogens is 1. The van der Waals surface area contributed by atoms with Gasteiger partial charge in [0.05, 0.1) is 0 Å². The molecular weight excluding hydrogens is 273 g/mol. The summed E-state index contributed by atoms with van der Waals surface area (Å²) in [5.41, 5.74) is 6.73. The molecule has 0 bridgehead atoms. The first-order valence-corrected chi connectivity index (χ1v) is 5.64.